The summed E-state index contributed by atoms with van der Waals surface area (Å²) < 4.78 is 5.13. The maximum atomic E-state index is 5.13. The zero-order chi connectivity index (χ0) is 8.39. The van der Waals surface area contributed by atoms with Crippen LogP contribution in [0.1, 0.15) is 0 Å². The van der Waals surface area contributed by atoms with Crippen LogP contribution in [0, 0.1) is 6.07 Å². The number of hydrogen-bond donors (Lipinski definition) is 0. The van der Waals surface area contributed by atoms with Crippen LogP contribution in [0.4, 0.5) is 0 Å². The summed E-state index contributed by atoms with van der Waals surface area (Å²) in [6.07, 6.45) is 3.55. The van der Waals surface area contributed by atoms with Gasteiger partial charge in [0.25, 0.3) is 0 Å². The van der Waals surface area contributed by atoms with Crippen molar-refractivity contribution in [2.75, 3.05) is 7.11 Å². The van der Waals surface area contributed by atoms with Crippen LogP contribution in [0.25, 0.3) is 10.8 Å². The third-order valence-corrected chi connectivity index (χ3v) is 1.78. The van der Waals surface area contributed by atoms with Crippen molar-refractivity contribution in [2.24, 2.45) is 0 Å². The van der Waals surface area contributed by atoms with Crippen LogP contribution < -0.4 is 4.74 Å². The first-order chi connectivity index (χ1) is 5.92. The molecule has 2 aromatic rings. The number of rotatable bonds is 1. The van der Waals surface area contributed by atoms with Crippen molar-refractivity contribution < 1.29 is 4.74 Å². The average Bonchev–Trinajstić information content (AvgIpc) is 2.17. The quantitative estimate of drug-likeness (QED) is 0.633. The first-order valence-electron chi connectivity index (χ1n) is 3.70. The normalized spacial score (nSPS) is 10.1. The fourth-order valence-electron chi connectivity index (χ4n) is 1.19. The molecule has 0 aliphatic heterocycles. The zero-order valence-electron chi connectivity index (χ0n) is 6.74. The van der Waals surface area contributed by atoms with Gasteiger partial charge in [0, 0.05) is 23.8 Å². The van der Waals surface area contributed by atoms with Crippen molar-refractivity contribution in [2.45, 2.75) is 0 Å². The monoisotopic (exact) mass is 158 g/mol. The van der Waals surface area contributed by atoms with E-state index in [1.807, 2.05) is 18.2 Å². The molecule has 1 aromatic heterocycles. The molecule has 0 N–H and O–H groups in total. The standard InChI is InChI=1S/C10H8NO/c1-12-10-4-2-3-8-5-6-11-7-9(8)10/h2-3,5-7H,1H3. The lowest BCUT2D eigenvalue weighted by Crippen LogP contribution is -1.84. The molecule has 0 amide bonds. The summed E-state index contributed by atoms with van der Waals surface area (Å²) in [5.74, 6) is 0.751. The van der Waals surface area contributed by atoms with Gasteiger partial charge in [0.15, 0.2) is 0 Å². The summed E-state index contributed by atoms with van der Waals surface area (Å²) in [7, 11) is 1.64. The summed E-state index contributed by atoms with van der Waals surface area (Å²) in [5.41, 5.74) is 0. The van der Waals surface area contributed by atoms with Crippen molar-refractivity contribution in [1.82, 2.24) is 4.98 Å². The number of aromatic nitrogens is 1. The highest BCUT2D eigenvalue weighted by Gasteiger charge is 1.98. The van der Waals surface area contributed by atoms with Crippen molar-refractivity contribution in [3.8, 4) is 5.75 Å². The summed E-state index contributed by atoms with van der Waals surface area (Å²) in [4.78, 5) is 4.02. The highest BCUT2D eigenvalue weighted by atomic mass is 16.5. The minimum absolute atomic E-state index is 0.751. The fraction of sp³-hybridized carbons (Fsp3) is 0.100. The molecular formula is C10H8NO. The Morgan fingerprint density at radius 1 is 1.42 bits per heavy atom. The Bertz CT molecular complexity index is 392. The molecule has 0 fully saturated rings. The molecular weight excluding hydrogens is 150 g/mol. The van der Waals surface area contributed by atoms with Gasteiger partial charge in [-0.1, -0.05) is 6.07 Å². The molecule has 1 aromatic carbocycles. The Kier molecular flexibility index (Phi) is 1.67. The van der Waals surface area contributed by atoms with E-state index in [0.717, 1.165) is 16.5 Å². The second-order valence-corrected chi connectivity index (χ2v) is 2.47. The molecule has 0 aliphatic rings. The summed E-state index contributed by atoms with van der Waals surface area (Å²) in [6, 6.07) is 8.78. The molecule has 0 saturated heterocycles. The molecule has 2 rings (SSSR count). The van der Waals surface area contributed by atoms with Gasteiger partial charge in [0.05, 0.1) is 7.11 Å². The second-order valence-electron chi connectivity index (χ2n) is 2.47. The van der Waals surface area contributed by atoms with E-state index in [1.165, 1.54) is 0 Å². The average molecular weight is 158 g/mol. The molecule has 0 atom stereocenters. The highest BCUT2D eigenvalue weighted by Crippen LogP contribution is 2.22. The molecule has 1 heterocycles. The minimum Gasteiger partial charge on any atom is -0.495 e. The van der Waals surface area contributed by atoms with Gasteiger partial charge in [0.2, 0.25) is 0 Å². The van der Waals surface area contributed by atoms with Gasteiger partial charge in [0.1, 0.15) is 5.75 Å². The van der Waals surface area contributed by atoms with Crippen LogP contribution >= 0.6 is 0 Å². The number of nitrogens with zero attached hydrogens (tertiary/aromatic N) is 1. The maximum absolute atomic E-state index is 5.13. The number of hydrogen-bond acceptors (Lipinski definition) is 2. The molecule has 2 heteroatoms. The SMILES string of the molecule is COc1[c]ccc2ccncc12. The van der Waals surface area contributed by atoms with E-state index in [4.69, 9.17) is 4.74 Å². The molecule has 1 radical (unpaired) electrons. The van der Waals surface area contributed by atoms with Crippen molar-refractivity contribution in [1.29, 1.82) is 0 Å². The number of fused-ring (bicyclic) bond motifs is 1. The number of pyridine rings is 1. The molecule has 12 heavy (non-hydrogen) atoms. The number of ether oxygens (including phenoxy) is 1. The Morgan fingerprint density at radius 3 is 3.17 bits per heavy atom. The smallest absolute Gasteiger partial charge is 0.136 e. The largest absolute Gasteiger partial charge is 0.495 e. The van der Waals surface area contributed by atoms with Gasteiger partial charge in [-0.3, -0.25) is 4.98 Å². The molecule has 2 nitrogen and oxygen atoms in total. The molecule has 0 unspecified atom stereocenters. The second kappa shape index (κ2) is 2.81. The van der Waals surface area contributed by atoms with Crippen LogP contribution in [0.3, 0.4) is 0 Å². The van der Waals surface area contributed by atoms with E-state index in [1.54, 1.807) is 19.5 Å². The molecule has 0 spiro atoms. The van der Waals surface area contributed by atoms with E-state index in [-0.39, 0.29) is 0 Å². The first kappa shape index (κ1) is 7.10. The van der Waals surface area contributed by atoms with Crippen molar-refractivity contribution >= 4 is 10.8 Å². The Hall–Kier alpha value is -1.57. The Morgan fingerprint density at radius 2 is 2.33 bits per heavy atom. The summed E-state index contributed by atoms with van der Waals surface area (Å²) in [5, 5.41) is 2.13. The van der Waals surface area contributed by atoms with E-state index >= 15 is 0 Å². The highest BCUT2D eigenvalue weighted by molar-refractivity contribution is 5.86. The van der Waals surface area contributed by atoms with Gasteiger partial charge in [-0.25, -0.2) is 0 Å². The number of methoxy groups -OCH3 is 1. The summed E-state index contributed by atoms with van der Waals surface area (Å²) >= 11 is 0. The van der Waals surface area contributed by atoms with E-state index < -0.39 is 0 Å². The maximum Gasteiger partial charge on any atom is 0.136 e. The van der Waals surface area contributed by atoms with Gasteiger partial charge in [-0.05, 0) is 17.5 Å². The van der Waals surface area contributed by atoms with Gasteiger partial charge in [-0.15, -0.1) is 0 Å². The molecule has 0 saturated carbocycles. The van der Waals surface area contributed by atoms with Crippen molar-refractivity contribution in [3.05, 3.63) is 36.7 Å². The lowest BCUT2D eigenvalue weighted by Gasteiger charge is -2.02. The zero-order valence-corrected chi connectivity index (χ0v) is 6.74. The molecule has 0 bridgehead atoms. The first-order valence-corrected chi connectivity index (χ1v) is 3.70. The van der Waals surface area contributed by atoms with E-state index in [0.29, 0.717) is 0 Å². The van der Waals surface area contributed by atoms with Crippen LogP contribution in [-0.2, 0) is 0 Å². The van der Waals surface area contributed by atoms with Gasteiger partial charge >= 0.3 is 0 Å². The van der Waals surface area contributed by atoms with Crippen molar-refractivity contribution in [3.63, 3.8) is 0 Å². The van der Waals surface area contributed by atoms with E-state index in [2.05, 4.69) is 11.1 Å². The number of benzene rings is 1. The Labute approximate surface area is 70.8 Å². The fourth-order valence-corrected chi connectivity index (χ4v) is 1.19. The lowest BCUT2D eigenvalue weighted by atomic mass is 10.2. The summed E-state index contributed by atoms with van der Waals surface area (Å²) in [6.45, 7) is 0. The predicted molar refractivity (Wildman–Crippen MR) is 47.1 cm³/mol. The van der Waals surface area contributed by atoms with Crippen LogP contribution in [-0.4, -0.2) is 12.1 Å². The molecule has 59 valence electrons. The topological polar surface area (TPSA) is 22.1 Å². The van der Waals surface area contributed by atoms with Gasteiger partial charge in [-0.2, -0.15) is 0 Å². The van der Waals surface area contributed by atoms with Crippen LogP contribution in [0.2, 0.25) is 0 Å². The van der Waals surface area contributed by atoms with E-state index in [9.17, 15) is 0 Å². The van der Waals surface area contributed by atoms with Crippen LogP contribution in [0.15, 0.2) is 30.6 Å². The van der Waals surface area contributed by atoms with Crippen LogP contribution in [0.5, 0.6) is 5.75 Å². The molecule has 0 aliphatic carbocycles. The predicted octanol–water partition coefficient (Wildman–Crippen LogP) is 2.04. The lowest BCUT2D eigenvalue weighted by molar-refractivity contribution is 0.419. The third-order valence-electron chi connectivity index (χ3n) is 1.78. The third kappa shape index (κ3) is 1.01. The minimum atomic E-state index is 0.751. The Balaban J connectivity index is 2.79. The van der Waals surface area contributed by atoms with Gasteiger partial charge < -0.3 is 4.74 Å².